The van der Waals surface area contributed by atoms with Gasteiger partial charge in [0, 0.05) is 12.1 Å². The number of rotatable bonds is 6. The molecule has 1 aromatic heterocycles. The number of amides is 1. The number of ether oxygens (including phenoxy) is 1. The van der Waals surface area contributed by atoms with Crippen LogP contribution in [0.3, 0.4) is 0 Å². The number of aryl methyl sites for hydroxylation is 1. The minimum absolute atomic E-state index is 0.182. The van der Waals surface area contributed by atoms with Crippen LogP contribution in [0.4, 0.5) is 0 Å². The molecule has 0 radical (unpaired) electrons. The second kappa shape index (κ2) is 7.57. The maximum absolute atomic E-state index is 12.2. The zero-order valence-electron chi connectivity index (χ0n) is 13.8. The van der Waals surface area contributed by atoms with Crippen molar-refractivity contribution in [3.63, 3.8) is 0 Å². The van der Waals surface area contributed by atoms with Gasteiger partial charge >= 0.3 is 5.97 Å². The van der Waals surface area contributed by atoms with E-state index in [1.54, 1.807) is 22.9 Å². The first kappa shape index (κ1) is 16.6. The van der Waals surface area contributed by atoms with Crippen LogP contribution in [0.2, 0.25) is 0 Å². The number of nitrogens with zero attached hydrogens (tertiary/aromatic N) is 3. The monoisotopic (exact) mass is 338 g/mol. The highest BCUT2D eigenvalue weighted by molar-refractivity contribution is 5.98. The summed E-state index contributed by atoms with van der Waals surface area (Å²) in [5.74, 6) is -0.847. The Labute approximate surface area is 144 Å². The minimum Gasteiger partial charge on any atom is -0.460 e. The lowest BCUT2D eigenvalue weighted by Gasteiger charge is -2.07. The van der Waals surface area contributed by atoms with Crippen molar-refractivity contribution in [3.05, 3.63) is 59.7 Å². The number of nitrogens with one attached hydrogen (secondary N) is 1. The molecule has 0 atom stereocenters. The number of benzene rings is 2. The first-order valence-corrected chi connectivity index (χ1v) is 7.98. The molecule has 0 saturated heterocycles. The van der Waals surface area contributed by atoms with E-state index in [-0.39, 0.29) is 19.1 Å². The van der Waals surface area contributed by atoms with Crippen molar-refractivity contribution in [3.8, 4) is 0 Å². The molecule has 0 spiro atoms. The van der Waals surface area contributed by atoms with E-state index in [4.69, 9.17) is 4.74 Å². The normalized spacial score (nSPS) is 10.6. The lowest BCUT2D eigenvalue weighted by atomic mass is 10.2. The van der Waals surface area contributed by atoms with Crippen LogP contribution >= 0.6 is 0 Å². The molecule has 0 saturated carbocycles. The van der Waals surface area contributed by atoms with Crippen LogP contribution in [0.5, 0.6) is 0 Å². The predicted molar refractivity (Wildman–Crippen MR) is 91.8 cm³/mol. The summed E-state index contributed by atoms with van der Waals surface area (Å²) >= 11 is 0. The summed E-state index contributed by atoms with van der Waals surface area (Å²) in [5.41, 5.74) is 2.82. The number of carbonyl (C=O) groups excluding carboxylic acids is 2. The van der Waals surface area contributed by atoms with Crippen molar-refractivity contribution in [2.24, 2.45) is 0 Å². The van der Waals surface area contributed by atoms with Crippen LogP contribution in [0.25, 0.3) is 11.0 Å². The molecule has 1 amide bonds. The largest absolute Gasteiger partial charge is 0.460 e. The lowest BCUT2D eigenvalue weighted by Crippen LogP contribution is -2.30. The number of esters is 1. The molecule has 3 rings (SSSR count). The zero-order valence-corrected chi connectivity index (χ0v) is 13.8. The Bertz CT molecular complexity index is 890. The smallest absolute Gasteiger partial charge is 0.325 e. The summed E-state index contributed by atoms with van der Waals surface area (Å²) in [6.07, 6.45) is 0. The first-order chi connectivity index (χ1) is 12.2. The molecule has 2 aromatic carbocycles. The van der Waals surface area contributed by atoms with Gasteiger partial charge in [-0.1, -0.05) is 35.5 Å². The Morgan fingerprint density at radius 2 is 1.96 bits per heavy atom. The van der Waals surface area contributed by atoms with E-state index < -0.39 is 5.97 Å². The van der Waals surface area contributed by atoms with Crippen LogP contribution in [0.1, 0.15) is 22.8 Å². The lowest BCUT2D eigenvalue weighted by molar-refractivity contribution is -0.143. The Morgan fingerprint density at radius 3 is 2.72 bits per heavy atom. The molecular formula is C18H18N4O3. The van der Waals surface area contributed by atoms with Gasteiger partial charge in [0.1, 0.15) is 18.7 Å². The molecule has 3 aromatic rings. The molecule has 0 aliphatic rings. The third kappa shape index (κ3) is 4.00. The molecule has 0 bridgehead atoms. The highest BCUT2D eigenvalue weighted by atomic mass is 16.5. The molecule has 0 fully saturated rings. The second-order valence-corrected chi connectivity index (χ2v) is 5.44. The summed E-state index contributed by atoms with van der Waals surface area (Å²) in [6.45, 7) is 2.66. The van der Waals surface area contributed by atoms with Gasteiger partial charge in [-0.3, -0.25) is 9.59 Å². The summed E-state index contributed by atoms with van der Waals surface area (Å²) in [7, 11) is 0. The SMILES string of the molecule is CCn1nnc2cc(C(=O)NCC(=O)OCc3ccccc3)ccc21. The van der Waals surface area contributed by atoms with Gasteiger partial charge < -0.3 is 10.1 Å². The van der Waals surface area contributed by atoms with Gasteiger partial charge in [0.05, 0.1) is 5.52 Å². The Morgan fingerprint density at radius 1 is 1.16 bits per heavy atom. The maximum Gasteiger partial charge on any atom is 0.325 e. The molecule has 25 heavy (non-hydrogen) atoms. The van der Waals surface area contributed by atoms with Crippen LogP contribution < -0.4 is 5.32 Å². The van der Waals surface area contributed by atoms with E-state index in [0.29, 0.717) is 17.6 Å². The molecule has 7 heteroatoms. The number of aromatic nitrogens is 3. The third-order valence-electron chi connectivity index (χ3n) is 3.71. The van der Waals surface area contributed by atoms with E-state index >= 15 is 0 Å². The molecule has 0 aliphatic heterocycles. The van der Waals surface area contributed by atoms with Crippen LogP contribution in [0, 0.1) is 0 Å². The summed E-state index contributed by atoms with van der Waals surface area (Å²) < 4.78 is 6.87. The van der Waals surface area contributed by atoms with Crippen molar-refractivity contribution in [2.75, 3.05) is 6.54 Å². The quantitative estimate of drug-likeness (QED) is 0.694. The van der Waals surface area contributed by atoms with Gasteiger partial charge in [-0.25, -0.2) is 4.68 Å². The number of hydrogen-bond acceptors (Lipinski definition) is 5. The van der Waals surface area contributed by atoms with E-state index in [9.17, 15) is 9.59 Å². The predicted octanol–water partition coefficient (Wildman–Crippen LogP) is 1.92. The van der Waals surface area contributed by atoms with Crippen molar-refractivity contribution in [1.29, 1.82) is 0 Å². The summed E-state index contributed by atoms with van der Waals surface area (Å²) in [4.78, 5) is 23.9. The van der Waals surface area contributed by atoms with Crippen LogP contribution in [-0.2, 0) is 22.7 Å². The van der Waals surface area contributed by atoms with Gasteiger partial charge in [0.15, 0.2) is 0 Å². The van der Waals surface area contributed by atoms with E-state index in [2.05, 4.69) is 15.6 Å². The Balaban J connectivity index is 1.54. The molecule has 1 N–H and O–H groups in total. The Kier molecular flexibility index (Phi) is 5.03. The fourth-order valence-corrected chi connectivity index (χ4v) is 2.39. The number of carbonyl (C=O) groups is 2. The van der Waals surface area contributed by atoms with Crippen molar-refractivity contribution < 1.29 is 14.3 Å². The molecule has 0 unspecified atom stereocenters. The topological polar surface area (TPSA) is 86.1 Å². The maximum atomic E-state index is 12.2. The number of hydrogen-bond donors (Lipinski definition) is 1. The molecular weight excluding hydrogens is 320 g/mol. The van der Waals surface area contributed by atoms with E-state index in [1.807, 2.05) is 37.3 Å². The molecule has 128 valence electrons. The zero-order chi connectivity index (χ0) is 17.6. The van der Waals surface area contributed by atoms with Crippen molar-refractivity contribution in [1.82, 2.24) is 20.3 Å². The van der Waals surface area contributed by atoms with Gasteiger partial charge in [-0.15, -0.1) is 5.10 Å². The number of fused-ring (bicyclic) bond motifs is 1. The Hall–Kier alpha value is -3.22. The molecule has 0 aliphatic carbocycles. The van der Waals surface area contributed by atoms with E-state index in [0.717, 1.165) is 11.1 Å². The van der Waals surface area contributed by atoms with Crippen LogP contribution in [-0.4, -0.2) is 33.4 Å². The van der Waals surface area contributed by atoms with Gasteiger partial charge in [-0.05, 0) is 30.7 Å². The van der Waals surface area contributed by atoms with E-state index in [1.165, 1.54) is 0 Å². The summed E-state index contributed by atoms with van der Waals surface area (Å²) in [5, 5.41) is 10.6. The second-order valence-electron chi connectivity index (χ2n) is 5.44. The highest BCUT2D eigenvalue weighted by Crippen LogP contribution is 2.13. The van der Waals surface area contributed by atoms with Gasteiger partial charge in [-0.2, -0.15) is 0 Å². The fourth-order valence-electron chi connectivity index (χ4n) is 2.39. The van der Waals surface area contributed by atoms with Crippen LogP contribution in [0.15, 0.2) is 48.5 Å². The fraction of sp³-hybridized carbons (Fsp3) is 0.222. The molecule has 7 nitrogen and oxygen atoms in total. The average molecular weight is 338 g/mol. The first-order valence-electron chi connectivity index (χ1n) is 7.98. The van der Waals surface area contributed by atoms with Crippen molar-refractivity contribution >= 4 is 22.9 Å². The standard InChI is InChI=1S/C18H18N4O3/c1-2-22-16-9-8-14(10-15(16)20-21-22)18(24)19-11-17(23)25-12-13-6-4-3-5-7-13/h3-10H,2,11-12H2,1H3,(H,19,24). The summed E-state index contributed by atoms with van der Waals surface area (Å²) in [6, 6.07) is 14.5. The molecule has 1 heterocycles. The highest BCUT2D eigenvalue weighted by Gasteiger charge is 2.11. The van der Waals surface area contributed by atoms with Gasteiger partial charge in [0.25, 0.3) is 5.91 Å². The van der Waals surface area contributed by atoms with Gasteiger partial charge in [0.2, 0.25) is 0 Å². The average Bonchev–Trinajstić information content (AvgIpc) is 3.07. The minimum atomic E-state index is -0.491. The van der Waals surface area contributed by atoms with Crippen molar-refractivity contribution in [2.45, 2.75) is 20.1 Å². The third-order valence-corrected chi connectivity index (χ3v) is 3.71.